The van der Waals surface area contributed by atoms with Crippen molar-refractivity contribution in [2.75, 3.05) is 5.32 Å². The summed E-state index contributed by atoms with van der Waals surface area (Å²) in [5, 5.41) is 6.21. The van der Waals surface area contributed by atoms with E-state index in [1.165, 1.54) is 11.8 Å². The van der Waals surface area contributed by atoms with Crippen molar-refractivity contribution in [1.82, 2.24) is 5.32 Å². The molecule has 4 nitrogen and oxygen atoms in total. The van der Waals surface area contributed by atoms with Crippen molar-refractivity contribution in [2.24, 2.45) is 0 Å². The van der Waals surface area contributed by atoms with Gasteiger partial charge in [-0.05, 0) is 48.4 Å². The molecule has 0 aliphatic rings. The number of carbonyl (C=O) groups excluding carboxylic acids is 2. The van der Waals surface area contributed by atoms with Gasteiger partial charge in [-0.3, -0.25) is 9.59 Å². The summed E-state index contributed by atoms with van der Waals surface area (Å²) in [7, 11) is 0. The highest BCUT2D eigenvalue weighted by Gasteiger charge is 2.20. The van der Waals surface area contributed by atoms with E-state index < -0.39 is 0 Å². The van der Waals surface area contributed by atoms with E-state index in [1.54, 1.807) is 36.4 Å². The molecular formula is C24H23ClN2O2S. The number of halogens is 1. The van der Waals surface area contributed by atoms with E-state index >= 15 is 0 Å². The number of carbonyl (C=O) groups is 2. The van der Waals surface area contributed by atoms with Crippen molar-refractivity contribution < 1.29 is 9.59 Å². The predicted octanol–water partition coefficient (Wildman–Crippen LogP) is 5.78. The lowest BCUT2D eigenvalue weighted by molar-refractivity contribution is -0.115. The van der Waals surface area contributed by atoms with Crippen LogP contribution in [0.3, 0.4) is 0 Å². The number of benzene rings is 3. The maximum atomic E-state index is 12.9. The van der Waals surface area contributed by atoms with Crippen LogP contribution in [0.1, 0.15) is 29.3 Å². The predicted molar refractivity (Wildman–Crippen MR) is 124 cm³/mol. The molecule has 2 amide bonds. The summed E-state index contributed by atoms with van der Waals surface area (Å²) in [4.78, 5) is 26.5. The van der Waals surface area contributed by atoms with Crippen LogP contribution in [0.5, 0.6) is 0 Å². The van der Waals surface area contributed by atoms with Crippen molar-refractivity contribution in [3.05, 3.63) is 95.0 Å². The summed E-state index contributed by atoms with van der Waals surface area (Å²) in [6, 6.07) is 24.1. The molecule has 3 rings (SSSR count). The standard InChI is InChI=1S/C24H23ClN2O2S/c1-2-22(30-19-14-12-18(25)13-15-19)24(29)27-21-11-7-6-10-20(21)23(28)26-16-17-8-4-3-5-9-17/h3-15,22H,2,16H2,1H3,(H,26,28)(H,27,29)/t22-/m0/s1. The lowest BCUT2D eigenvalue weighted by Crippen LogP contribution is -2.28. The second-order valence-corrected chi connectivity index (χ2v) is 8.38. The first-order valence-electron chi connectivity index (χ1n) is 9.71. The van der Waals surface area contributed by atoms with Crippen molar-refractivity contribution in [2.45, 2.75) is 30.0 Å². The van der Waals surface area contributed by atoms with E-state index in [-0.39, 0.29) is 17.1 Å². The Morgan fingerprint density at radius 3 is 2.30 bits per heavy atom. The second-order valence-electron chi connectivity index (χ2n) is 6.67. The molecule has 0 unspecified atom stereocenters. The van der Waals surface area contributed by atoms with Gasteiger partial charge in [-0.1, -0.05) is 61.0 Å². The Balaban J connectivity index is 1.67. The molecule has 1 atom stereocenters. The average Bonchev–Trinajstić information content (AvgIpc) is 2.78. The number of nitrogens with one attached hydrogen (secondary N) is 2. The van der Waals surface area contributed by atoms with Crippen molar-refractivity contribution in [1.29, 1.82) is 0 Å². The number of thioether (sulfide) groups is 1. The molecule has 0 aromatic heterocycles. The summed E-state index contributed by atoms with van der Waals surface area (Å²) in [6.45, 7) is 2.39. The number of amides is 2. The van der Waals surface area contributed by atoms with E-state index in [0.717, 1.165) is 10.5 Å². The smallest absolute Gasteiger partial charge is 0.253 e. The molecule has 0 saturated heterocycles. The lowest BCUT2D eigenvalue weighted by Gasteiger charge is -2.17. The normalized spacial score (nSPS) is 11.5. The van der Waals surface area contributed by atoms with Crippen LogP contribution in [0, 0.1) is 0 Å². The van der Waals surface area contributed by atoms with Crippen LogP contribution < -0.4 is 10.6 Å². The molecule has 6 heteroatoms. The van der Waals surface area contributed by atoms with E-state index in [1.807, 2.05) is 49.4 Å². The topological polar surface area (TPSA) is 58.2 Å². The minimum atomic E-state index is -0.286. The number of hydrogen-bond acceptors (Lipinski definition) is 3. The first kappa shape index (κ1) is 21.9. The zero-order chi connectivity index (χ0) is 21.3. The highest BCUT2D eigenvalue weighted by atomic mass is 35.5. The van der Waals surface area contributed by atoms with Crippen molar-refractivity contribution in [3.8, 4) is 0 Å². The summed E-state index contributed by atoms with van der Waals surface area (Å²) in [6.07, 6.45) is 0.654. The van der Waals surface area contributed by atoms with Crippen LogP contribution in [0.15, 0.2) is 83.8 Å². The van der Waals surface area contributed by atoms with E-state index in [9.17, 15) is 9.59 Å². The minimum absolute atomic E-state index is 0.138. The maximum Gasteiger partial charge on any atom is 0.253 e. The van der Waals surface area contributed by atoms with Gasteiger partial charge >= 0.3 is 0 Å². The third kappa shape index (κ3) is 6.12. The first-order valence-corrected chi connectivity index (χ1v) is 11.0. The summed E-state index contributed by atoms with van der Waals surface area (Å²) < 4.78 is 0. The SMILES string of the molecule is CC[C@H](Sc1ccc(Cl)cc1)C(=O)Nc1ccccc1C(=O)NCc1ccccc1. The Bertz CT molecular complexity index is 994. The van der Waals surface area contributed by atoms with Crippen LogP contribution >= 0.6 is 23.4 Å². The van der Waals surface area contributed by atoms with Gasteiger partial charge in [-0.25, -0.2) is 0 Å². The fourth-order valence-corrected chi connectivity index (χ4v) is 3.96. The van der Waals surface area contributed by atoms with Gasteiger partial charge in [0.25, 0.3) is 5.91 Å². The Labute approximate surface area is 186 Å². The quantitative estimate of drug-likeness (QED) is 0.438. The third-order valence-electron chi connectivity index (χ3n) is 4.48. The summed E-state index contributed by atoms with van der Waals surface area (Å²) in [5.41, 5.74) is 1.95. The monoisotopic (exact) mass is 438 g/mol. The van der Waals surface area contributed by atoms with Crippen LogP contribution in [0.4, 0.5) is 5.69 Å². The zero-order valence-corrected chi connectivity index (χ0v) is 18.2. The Hall–Kier alpha value is -2.76. The fraction of sp³-hybridized carbons (Fsp3) is 0.167. The molecule has 0 bridgehead atoms. The van der Waals surface area contributed by atoms with Crippen molar-refractivity contribution >= 4 is 40.9 Å². The number of hydrogen-bond donors (Lipinski definition) is 2. The number of rotatable bonds is 8. The van der Waals surface area contributed by atoms with Gasteiger partial charge in [0.2, 0.25) is 5.91 Å². The molecule has 2 N–H and O–H groups in total. The molecule has 3 aromatic carbocycles. The largest absolute Gasteiger partial charge is 0.348 e. The third-order valence-corrected chi connectivity index (χ3v) is 6.11. The zero-order valence-electron chi connectivity index (χ0n) is 16.6. The summed E-state index contributed by atoms with van der Waals surface area (Å²) >= 11 is 7.41. The molecule has 0 heterocycles. The van der Waals surface area contributed by atoms with E-state index in [2.05, 4.69) is 10.6 Å². The van der Waals surface area contributed by atoms with Gasteiger partial charge < -0.3 is 10.6 Å². The molecular weight excluding hydrogens is 416 g/mol. The van der Waals surface area contributed by atoms with Gasteiger partial charge in [0.1, 0.15) is 0 Å². The Kier molecular flexibility index (Phi) is 7.94. The van der Waals surface area contributed by atoms with Gasteiger partial charge in [-0.2, -0.15) is 0 Å². The van der Waals surface area contributed by atoms with Crippen LogP contribution in [-0.2, 0) is 11.3 Å². The molecule has 0 saturated carbocycles. The van der Waals surface area contributed by atoms with Crippen molar-refractivity contribution in [3.63, 3.8) is 0 Å². The number of para-hydroxylation sites is 1. The summed E-state index contributed by atoms with van der Waals surface area (Å²) in [5.74, 6) is -0.367. The average molecular weight is 439 g/mol. The molecule has 0 radical (unpaired) electrons. The van der Waals surface area contributed by atoms with E-state index in [0.29, 0.717) is 29.2 Å². The number of anilines is 1. The Morgan fingerprint density at radius 2 is 1.60 bits per heavy atom. The lowest BCUT2D eigenvalue weighted by atomic mass is 10.1. The molecule has 3 aromatic rings. The minimum Gasteiger partial charge on any atom is -0.348 e. The van der Waals surface area contributed by atoms with Crippen LogP contribution in [-0.4, -0.2) is 17.1 Å². The van der Waals surface area contributed by atoms with E-state index in [4.69, 9.17) is 11.6 Å². The molecule has 0 aliphatic heterocycles. The van der Waals surface area contributed by atoms with Crippen LogP contribution in [0.2, 0.25) is 5.02 Å². The van der Waals surface area contributed by atoms with Crippen LogP contribution in [0.25, 0.3) is 0 Å². The highest BCUT2D eigenvalue weighted by Crippen LogP contribution is 2.28. The maximum absolute atomic E-state index is 12.9. The molecule has 30 heavy (non-hydrogen) atoms. The second kappa shape index (κ2) is 10.9. The molecule has 0 aliphatic carbocycles. The molecule has 0 spiro atoms. The first-order chi connectivity index (χ1) is 14.6. The molecule has 0 fully saturated rings. The van der Waals surface area contributed by atoms with Gasteiger partial charge in [0, 0.05) is 16.5 Å². The van der Waals surface area contributed by atoms with Gasteiger partial charge in [0.05, 0.1) is 16.5 Å². The van der Waals surface area contributed by atoms with Gasteiger partial charge in [-0.15, -0.1) is 11.8 Å². The Morgan fingerprint density at radius 1 is 0.933 bits per heavy atom. The molecule has 154 valence electrons. The van der Waals surface area contributed by atoms with Gasteiger partial charge in [0.15, 0.2) is 0 Å². The highest BCUT2D eigenvalue weighted by molar-refractivity contribution is 8.00. The fourth-order valence-electron chi connectivity index (χ4n) is 2.88.